The third kappa shape index (κ3) is 4.53. The third-order valence-corrected chi connectivity index (χ3v) is 4.95. The second-order valence-corrected chi connectivity index (χ2v) is 6.89. The molecule has 8 heteroatoms. The molecule has 4 rings (SSSR count). The second kappa shape index (κ2) is 8.72. The molecule has 0 spiro atoms. The van der Waals surface area contributed by atoms with Gasteiger partial charge in [-0.1, -0.05) is 42.4 Å². The van der Waals surface area contributed by atoms with Gasteiger partial charge in [-0.25, -0.2) is 9.78 Å². The van der Waals surface area contributed by atoms with Gasteiger partial charge in [0, 0.05) is 50.9 Å². The van der Waals surface area contributed by atoms with Crippen LogP contribution in [0.15, 0.2) is 53.2 Å². The predicted octanol–water partition coefficient (Wildman–Crippen LogP) is 2.73. The summed E-state index contributed by atoms with van der Waals surface area (Å²) in [6.07, 6.45) is 2.47. The van der Waals surface area contributed by atoms with Gasteiger partial charge in [-0.15, -0.1) is 0 Å². The summed E-state index contributed by atoms with van der Waals surface area (Å²) in [6.45, 7) is 5.32. The summed E-state index contributed by atoms with van der Waals surface area (Å²) in [4.78, 5) is 25.3. The first kappa shape index (κ1) is 18.9. The SMILES string of the molecule is CCc1nc(-c2ccc(N3CCN(C(=O)NCc4ccccc4)CC3)nc2)no1. The highest BCUT2D eigenvalue weighted by Gasteiger charge is 2.22. The molecule has 0 bridgehead atoms. The van der Waals surface area contributed by atoms with Gasteiger partial charge in [0.2, 0.25) is 11.7 Å². The summed E-state index contributed by atoms with van der Waals surface area (Å²) in [7, 11) is 0. The van der Waals surface area contributed by atoms with Crippen LogP contribution in [0.25, 0.3) is 11.4 Å². The molecule has 0 radical (unpaired) electrons. The van der Waals surface area contributed by atoms with Crippen LogP contribution in [0.5, 0.6) is 0 Å². The normalized spacial score (nSPS) is 14.1. The van der Waals surface area contributed by atoms with Crippen molar-refractivity contribution in [2.75, 3.05) is 31.1 Å². The van der Waals surface area contributed by atoms with Crippen molar-refractivity contribution in [1.82, 2.24) is 25.3 Å². The quantitative estimate of drug-likeness (QED) is 0.718. The van der Waals surface area contributed by atoms with E-state index in [2.05, 4.69) is 25.3 Å². The second-order valence-electron chi connectivity index (χ2n) is 6.89. The zero-order valence-electron chi connectivity index (χ0n) is 16.4. The lowest BCUT2D eigenvalue weighted by molar-refractivity contribution is 0.194. The van der Waals surface area contributed by atoms with Crippen molar-refractivity contribution >= 4 is 11.8 Å². The van der Waals surface area contributed by atoms with Gasteiger partial charge in [0.1, 0.15) is 5.82 Å². The highest BCUT2D eigenvalue weighted by Crippen LogP contribution is 2.19. The van der Waals surface area contributed by atoms with Gasteiger partial charge in [0.25, 0.3) is 0 Å². The Hall–Kier alpha value is -3.42. The number of hydrogen-bond acceptors (Lipinski definition) is 6. The Morgan fingerprint density at radius 2 is 1.90 bits per heavy atom. The van der Waals surface area contributed by atoms with Gasteiger partial charge >= 0.3 is 6.03 Å². The molecule has 1 aromatic carbocycles. The monoisotopic (exact) mass is 392 g/mol. The maximum atomic E-state index is 12.4. The average molecular weight is 392 g/mol. The van der Waals surface area contributed by atoms with E-state index in [1.807, 2.05) is 54.3 Å². The third-order valence-electron chi connectivity index (χ3n) is 4.95. The molecule has 8 nitrogen and oxygen atoms in total. The number of benzene rings is 1. The highest BCUT2D eigenvalue weighted by atomic mass is 16.5. The number of carbonyl (C=O) groups is 1. The van der Waals surface area contributed by atoms with Crippen molar-refractivity contribution in [2.24, 2.45) is 0 Å². The molecule has 3 heterocycles. The number of nitrogens with one attached hydrogen (secondary N) is 1. The maximum Gasteiger partial charge on any atom is 0.317 e. The zero-order chi connectivity index (χ0) is 20.1. The van der Waals surface area contributed by atoms with Crippen molar-refractivity contribution in [3.8, 4) is 11.4 Å². The lowest BCUT2D eigenvalue weighted by Gasteiger charge is -2.35. The lowest BCUT2D eigenvalue weighted by Crippen LogP contribution is -2.51. The van der Waals surface area contributed by atoms with E-state index < -0.39 is 0 Å². The maximum absolute atomic E-state index is 12.4. The van der Waals surface area contributed by atoms with Crippen LogP contribution in [0.4, 0.5) is 10.6 Å². The number of anilines is 1. The fraction of sp³-hybridized carbons (Fsp3) is 0.333. The number of aromatic nitrogens is 3. The van der Waals surface area contributed by atoms with Crippen molar-refractivity contribution in [2.45, 2.75) is 19.9 Å². The number of hydrogen-bond donors (Lipinski definition) is 1. The molecule has 2 amide bonds. The standard InChI is InChI=1S/C21H24N6O2/c1-2-19-24-20(25-29-19)17-8-9-18(22-15-17)26-10-12-27(13-11-26)21(28)23-14-16-6-4-3-5-7-16/h3-9,15H,2,10-14H2,1H3,(H,23,28). The molecule has 1 fully saturated rings. The largest absolute Gasteiger partial charge is 0.353 e. The predicted molar refractivity (Wildman–Crippen MR) is 109 cm³/mol. The minimum atomic E-state index is -0.0272. The van der Waals surface area contributed by atoms with E-state index in [-0.39, 0.29) is 6.03 Å². The number of rotatable bonds is 5. The Bertz CT molecular complexity index is 933. The van der Waals surface area contributed by atoms with Crippen LogP contribution in [0.3, 0.4) is 0 Å². The van der Waals surface area contributed by atoms with E-state index in [4.69, 9.17) is 4.52 Å². The molecule has 0 unspecified atom stereocenters. The van der Waals surface area contributed by atoms with E-state index in [0.717, 1.165) is 30.0 Å². The van der Waals surface area contributed by atoms with Crippen molar-refractivity contribution in [3.63, 3.8) is 0 Å². The van der Waals surface area contributed by atoms with E-state index in [1.54, 1.807) is 6.20 Å². The van der Waals surface area contributed by atoms with Crippen LogP contribution in [-0.2, 0) is 13.0 Å². The summed E-state index contributed by atoms with van der Waals surface area (Å²) in [6, 6.07) is 13.8. The number of pyridine rings is 1. The van der Waals surface area contributed by atoms with E-state index in [9.17, 15) is 4.79 Å². The first-order valence-corrected chi connectivity index (χ1v) is 9.83. The van der Waals surface area contributed by atoms with Crippen LogP contribution in [0, 0.1) is 0 Å². The summed E-state index contributed by atoms with van der Waals surface area (Å²) in [5, 5.41) is 6.96. The van der Waals surface area contributed by atoms with Crippen LogP contribution in [0.2, 0.25) is 0 Å². The van der Waals surface area contributed by atoms with E-state index in [0.29, 0.717) is 37.8 Å². The molecule has 1 aliphatic heterocycles. The summed E-state index contributed by atoms with van der Waals surface area (Å²) >= 11 is 0. The number of amides is 2. The Morgan fingerprint density at radius 1 is 1.10 bits per heavy atom. The molecular weight excluding hydrogens is 368 g/mol. The Kier molecular flexibility index (Phi) is 5.69. The van der Waals surface area contributed by atoms with Gasteiger partial charge < -0.3 is 19.6 Å². The first-order chi connectivity index (χ1) is 14.2. The average Bonchev–Trinajstić information content (AvgIpc) is 3.28. The first-order valence-electron chi connectivity index (χ1n) is 9.83. The Morgan fingerprint density at radius 3 is 2.55 bits per heavy atom. The smallest absolute Gasteiger partial charge is 0.317 e. The highest BCUT2D eigenvalue weighted by molar-refractivity contribution is 5.74. The molecule has 0 atom stereocenters. The topological polar surface area (TPSA) is 87.4 Å². The van der Waals surface area contributed by atoms with Crippen molar-refractivity contribution in [3.05, 3.63) is 60.1 Å². The molecule has 0 aliphatic carbocycles. The molecule has 1 N–H and O–H groups in total. The summed E-state index contributed by atoms with van der Waals surface area (Å²) in [5.74, 6) is 2.06. The number of piperazine rings is 1. The fourth-order valence-electron chi connectivity index (χ4n) is 3.25. The number of carbonyl (C=O) groups excluding carboxylic acids is 1. The molecular formula is C21H24N6O2. The van der Waals surface area contributed by atoms with E-state index >= 15 is 0 Å². The molecule has 29 heavy (non-hydrogen) atoms. The Balaban J connectivity index is 1.29. The minimum absolute atomic E-state index is 0.0272. The van der Waals surface area contributed by atoms with Crippen molar-refractivity contribution < 1.29 is 9.32 Å². The fourth-order valence-corrected chi connectivity index (χ4v) is 3.25. The molecule has 3 aromatic rings. The van der Waals surface area contributed by atoms with Crippen LogP contribution < -0.4 is 10.2 Å². The minimum Gasteiger partial charge on any atom is -0.353 e. The van der Waals surface area contributed by atoms with Crippen LogP contribution in [0.1, 0.15) is 18.4 Å². The molecule has 150 valence electrons. The summed E-state index contributed by atoms with van der Waals surface area (Å²) in [5.41, 5.74) is 1.92. The van der Waals surface area contributed by atoms with Crippen molar-refractivity contribution in [1.29, 1.82) is 0 Å². The molecule has 2 aromatic heterocycles. The van der Waals surface area contributed by atoms with Crippen LogP contribution >= 0.6 is 0 Å². The van der Waals surface area contributed by atoms with Crippen LogP contribution in [-0.4, -0.2) is 52.2 Å². The summed E-state index contributed by atoms with van der Waals surface area (Å²) < 4.78 is 5.15. The molecule has 0 saturated carbocycles. The van der Waals surface area contributed by atoms with Gasteiger partial charge in [0.05, 0.1) is 0 Å². The van der Waals surface area contributed by atoms with Gasteiger partial charge in [-0.3, -0.25) is 0 Å². The van der Waals surface area contributed by atoms with Gasteiger partial charge in [-0.05, 0) is 17.7 Å². The number of aryl methyl sites for hydroxylation is 1. The zero-order valence-corrected chi connectivity index (χ0v) is 16.4. The lowest BCUT2D eigenvalue weighted by atomic mass is 10.2. The molecule has 1 aliphatic rings. The Labute approximate surface area is 169 Å². The molecule has 1 saturated heterocycles. The van der Waals surface area contributed by atoms with E-state index in [1.165, 1.54) is 0 Å². The number of urea groups is 1. The number of nitrogens with zero attached hydrogens (tertiary/aromatic N) is 5. The van der Waals surface area contributed by atoms with Gasteiger partial charge in [0.15, 0.2) is 0 Å². The van der Waals surface area contributed by atoms with Gasteiger partial charge in [-0.2, -0.15) is 4.98 Å².